The molecule has 1 amide bonds. The topological polar surface area (TPSA) is 132 Å². The minimum absolute atomic E-state index is 0.108. The van der Waals surface area contributed by atoms with E-state index in [1.165, 1.54) is 16.9 Å². The van der Waals surface area contributed by atoms with E-state index in [1.807, 2.05) is 13.8 Å². The van der Waals surface area contributed by atoms with Crippen LogP contribution in [0.3, 0.4) is 0 Å². The Morgan fingerprint density at radius 1 is 1.12 bits per heavy atom. The number of nitrogens with zero attached hydrogens (tertiary/aromatic N) is 6. The summed E-state index contributed by atoms with van der Waals surface area (Å²) in [6, 6.07) is 8.79. The SMILES string of the molecule is CC(C)(N)c1cc(OC2C3CN(C(=O)c4cn(-c5ncccn5)nc4CO)C[C@H]32)nc(-c2ccc(F)c(F)c2)c1. The highest BCUT2D eigenvalue weighted by Crippen LogP contribution is 2.48. The maximum absolute atomic E-state index is 13.9. The molecule has 0 spiro atoms. The minimum Gasteiger partial charge on any atom is -0.474 e. The molecule has 10 nitrogen and oxygen atoms in total. The number of halogens is 2. The van der Waals surface area contributed by atoms with E-state index < -0.39 is 23.8 Å². The second-order valence-electron chi connectivity index (χ2n) is 10.7. The fraction of sp³-hybridized carbons (Fsp3) is 0.321. The summed E-state index contributed by atoms with van der Waals surface area (Å²) in [5.41, 5.74) is 7.72. The third kappa shape index (κ3) is 4.80. The molecule has 1 saturated heterocycles. The summed E-state index contributed by atoms with van der Waals surface area (Å²) in [6.07, 6.45) is 4.52. The predicted octanol–water partition coefficient (Wildman–Crippen LogP) is 2.84. The first kappa shape index (κ1) is 26.0. The molecule has 1 saturated carbocycles. The third-order valence-corrected chi connectivity index (χ3v) is 7.35. The number of hydrogen-bond acceptors (Lipinski definition) is 8. The van der Waals surface area contributed by atoms with Crippen molar-refractivity contribution in [3.8, 4) is 23.1 Å². The average molecular weight is 548 g/mol. The quantitative estimate of drug-likeness (QED) is 0.361. The van der Waals surface area contributed by atoms with E-state index in [-0.39, 0.29) is 29.5 Å². The van der Waals surface area contributed by atoms with Crippen molar-refractivity contribution in [3.63, 3.8) is 0 Å². The van der Waals surface area contributed by atoms with Crippen molar-refractivity contribution in [1.29, 1.82) is 0 Å². The van der Waals surface area contributed by atoms with Gasteiger partial charge in [-0.25, -0.2) is 28.4 Å². The van der Waals surface area contributed by atoms with Gasteiger partial charge >= 0.3 is 0 Å². The molecule has 4 heterocycles. The normalized spacial score (nSPS) is 19.9. The number of aliphatic hydroxyl groups is 1. The first-order chi connectivity index (χ1) is 19.1. The van der Waals surface area contributed by atoms with Crippen LogP contribution < -0.4 is 10.5 Å². The van der Waals surface area contributed by atoms with Crippen LogP contribution in [0.5, 0.6) is 5.88 Å². The first-order valence-corrected chi connectivity index (χ1v) is 12.8. The number of hydrogen-bond donors (Lipinski definition) is 2. The molecular weight excluding hydrogens is 520 g/mol. The summed E-state index contributed by atoms with van der Waals surface area (Å²) >= 11 is 0. The molecule has 1 aliphatic carbocycles. The lowest BCUT2D eigenvalue weighted by Crippen LogP contribution is -2.33. The van der Waals surface area contributed by atoms with Gasteiger partial charge in [0.15, 0.2) is 11.6 Å². The number of pyridine rings is 1. The van der Waals surface area contributed by atoms with Crippen molar-refractivity contribution in [2.24, 2.45) is 17.6 Å². The number of fused-ring (bicyclic) bond motifs is 1. The Bertz CT molecular complexity index is 1580. The van der Waals surface area contributed by atoms with Crippen molar-refractivity contribution < 1.29 is 23.4 Å². The van der Waals surface area contributed by atoms with Gasteiger partial charge in [-0.05, 0) is 49.7 Å². The number of rotatable bonds is 7. The number of carbonyl (C=O) groups excluding carboxylic acids is 1. The second-order valence-corrected chi connectivity index (χ2v) is 10.7. The molecule has 206 valence electrons. The minimum atomic E-state index is -0.966. The number of amides is 1. The van der Waals surface area contributed by atoms with Gasteiger partial charge in [0.05, 0.1) is 17.9 Å². The number of nitrogens with two attached hydrogens (primary N) is 1. The molecule has 1 aliphatic heterocycles. The fourth-order valence-electron chi connectivity index (χ4n) is 5.08. The van der Waals surface area contributed by atoms with E-state index >= 15 is 0 Å². The van der Waals surface area contributed by atoms with Crippen LogP contribution in [0.1, 0.15) is 35.5 Å². The highest BCUT2D eigenvalue weighted by molar-refractivity contribution is 5.95. The Hall–Kier alpha value is -4.29. The predicted molar refractivity (Wildman–Crippen MR) is 139 cm³/mol. The summed E-state index contributed by atoms with van der Waals surface area (Å²) in [6.45, 7) is 4.23. The summed E-state index contributed by atoms with van der Waals surface area (Å²) in [4.78, 5) is 27.9. The van der Waals surface area contributed by atoms with Crippen molar-refractivity contribution >= 4 is 5.91 Å². The van der Waals surface area contributed by atoms with Gasteiger partial charge in [0.1, 0.15) is 11.8 Å². The molecule has 40 heavy (non-hydrogen) atoms. The lowest BCUT2D eigenvalue weighted by Gasteiger charge is -2.22. The first-order valence-electron chi connectivity index (χ1n) is 12.8. The molecule has 3 N–H and O–H groups in total. The number of aromatic nitrogens is 5. The van der Waals surface area contributed by atoms with Crippen LogP contribution in [0.2, 0.25) is 0 Å². The summed E-state index contributed by atoms with van der Waals surface area (Å²) in [5, 5.41) is 14.1. The summed E-state index contributed by atoms with van der Waals surface area (Å²) in [7, 11) is 0. The van der Waals surface area contributed by atoms with Gasteiger partial charge in [0.25, 0.3) is 5.91 Å². The van der Waals surface area contributed by atoms with E-state index in [1.54, 1.807) is 35.5 Å². The van der Waals surface area contributed by atoms with Crippen molar-refractivity contribution in [2.75, 3.05) is 13.1 Å². The molecule has 2 aliphatic rings. The van der Waals surface area contributed by atoms with E-state index in [0.717, 1.165) is 17.7 Å². The molecule has 12 heteroatoms. The number of likely N-dealkylation sites (tertiary alicyclic amines) is 1. The van der Waals surface area contributed by atoms with Crippen molar-refractivity contribution in [2.45, 2.75) is 32.1 Å². The zero-order valence-electron chi connectivity index (χ0n) is 21.8. The van der Waals surface area contributed by atoms with Gasteiger partial charge in [-0.2, -0.15) is 5.10 Å². The molecule has 3 aromatic heterocycles. The van der Waals surface area contributed by atoms with Crippen LogP contribution in [0.25, 0.3) is 17.2 Å². The number of piperidine rings is 1. The van der Waals surface area contributed by atoms with E-state index in [2.05, 4.69) is 20.1 Å². The Balaban J connectivity index is 1.17. The molecule has 1 aromatic carbocycles. The lowest BCUT2D eigenvalue weighted by molar-refractivity contribution is 0.0748. The molecule has 2 unspecified atom stereocenters. The van der Waals surface area contributed by atoms with Crippen LogP contribution in [0, 0.1) is 23.5 Å². The Morgan fingerprint density at radius 2 is 1.85 bits per heavy atom. The van der Waals surface area contributed by atoms with E-state index in [4.69, 9.17) is 10.5 Å². The maximum atomic E-state index is 13.9. The van der Waals surface area contributed by atoms with Crippen molar-refractivity contribution in [1.82, 2.24) is 29.6 Å². The standard InChI is InChI=1S/C28H27F2N7O3/c1-28(2,31)16-9-22(15-4-5-20(29)21(30)8-15)34-24(10-16)40-25-17-11-36(12-18(17)25)26(39)19-13-37(35-23(19)14-38)27-32-6-3-7-33-27/h3-10,13,17-18,25,38H,11-12,14,31H2,1-2H3/t17-,18?,25?/m1/s1. The Morgan fingerprint density at radius 3 is 2.50 bits per heavy atom. The zero-order chi connectivity index (χ0) is 28.2. The number of ether oxygens (including phenoxy) is 1. The van der Waals surface area contributed by atoms with Crippen molar-refractivity contribution in [3.05, 3.63) is 83.4 Å². The van der Waals surface area contributed by atoms with Gasteiger partial charge in [-0.3, -0.25) is 4.79 Å². The largest absolute Gasteiger partial charge is 0.474 e. The Labute approximate surface area is 228 Å². The molecule has 6 rings (SSSR count). The fourth-order valence-corrected chi connectivity index (χ4v) is 5.08. The van der Waals surface area contributed by atoms with Gasteiger partial charge in [0.2, 0.25) is 11.8 Å². The Kier molecular flexibility index (Phi) is 6.31. The summed E-state index contributed by atoms with van der Waals surface area (Å²) < 4.78 is 35.0. The zero-order valence-corrected chi connectivity index (χ0v) is 21.8. The molecule has 0 bridgehead atoms. The van der Waals surface area contributed by atoms with Crippen LogP contribution in [0.4, 0.5) is 8.78 Å². The van der Waals surface area contributed by atoms with E-state index in [0.29, 0.717) is 41.7 Å². The van der Waals surface area contributed by atoms with Gasteiger partial charge in [-0.1, -0.05) is 0 Å². The van der Waals surface area contributed by atoms with Crippen LogP contribution >= 0.6 is 0 Å². The van der Waals surface area contributed by atoms with Gasteiger partial charge in [0, 0.05) is 60.7 Å². The third-order valence-electron chi connectivity index (χ3n) is 7.35. The maximum Gasteiger partial charge on any atom is 0.257 e. The molecular formula is C28H27F2N7O3. The van der Waals surface area contributed by atoms with Crippen LogP contribution in [-0.4, -0.2) is 59.8 Å². The summed E-state index contributed by atoms with van der Waals surface area (Å²) in [5.74, 6) is -1.29. The lowest BCUT2D eigenvalue weighted by atomic mass is 9.95. The average Bonchev–Trinajstić information content (AvgIpc) is 3.28. The molecule has 4 aromatic rings. The highest BCUT2D eigenvalue weighted by Gasteiger charge is 2.59. The number of benzene rings is 1. The monoisotopic (exact) mass is 547 g/mol. The second kappa shape index (κ2) is 9.72. The van der Waals surface area contributed by atoms with Crippen LogP contribution in [-0.2, 0) is 12.1 Å². The number of carbonyl (C=O) groups is 1. The van der Waals surface area contributed by atoms with Crippen LogP contribution in [0.15, 0.2) is 55.0 Å². The molecule has 3 atom stereocenters. The smallest absolute Gasteiger partial charge is 0.257 e. The van der Waals surface area contributed by atoms with Gasteiger partial charge < -0.3 is 20.5 Å². The molecule has 0 radical (unpaired) electrons. The number of aliphatic hydroxyl groups excluding tert-OH is 1. The van der Waals surface area contributed by atoms with Gasteiger partial charge in [-0.15, -0.1) is 0 Å². The molecule has 2 fully saturated rings. The highest BCUT2D eigenvalue weighted by atomic mass is 19.2. The van der Waals surface area contributed by atoms with E-state index in [9.17, 15) is 18.7 Å².